The zero-order chi connectivity index (χ0) is 19.8. The van der Waals surface area contributed by atoms with Crippen molar-refractivity contribution in [3.63, 3.8) is 0 Å². The fraction of sp³-hybridized carbons (Fsp3) is 0.600. The van der Waals surface area contributed by atoms with Crippen molar-refractivity contribution in [3.8, 4) is 5.75 Å². The third-order valence-electron chi connectivity index (χ3n) is 4.83. The van der Waals surface area contributed by atoms with Crippen molar-refractivity contribution in [1.29, 1.82) is 0 Å². The van der Waals surface area contributed by atoms with Gasteiger partial charge in [0.1, 0.15) is 5.75 Å². The first-order valence-corrected chi connectivity index (χ1v) is 9.76. The molecule has 0 aliphatic carbocycles. The molecular weight excluding hydrogens is 469 g/mol. The molecular formula is C20H34IN5O2. The predicted molar refractivity (Wildman–Crippen MR) is 125 cm³/mol. The van der Waals surface area contributed by atoms with Crippen LogP contribution in [0.2, 0.25) is 0 Å². The van der Waals surface area contributed by atoms with Crippen molar-refractivity contribution in [3.05, 3.63) is 29.8 Å². The Kier molecular flexibility index (Phi) is 10.6. The van der Waals surface area contributed by atoms with Gasteiger partial charge in [-0.2, -0.15) is 0 Å². The van der Waals surface area contributed by atoms with Crippen LogP contribution in [-0.2, 0) is 0 Å². The number of halogens is 1. The van der Waals surface area contributed by atoms with Crippen LogP contribution in [0.3, 0.4) is 0 Å². The lowest BCUT2D eigenvalue weighted by Crippen LogP contribution is -2.47. The number of rotatable bonds is 7. The SMILES string of the molecule is CCNC(=NCCNC(=O)c1ccc(O)cc1)NC1CN(C(C)C)CC1C.I. The Morgan fingerprint density at radius 3 is 2.50 bits per heavy atom. The summed E-state index contributed by atoms with van der Waals surface area (Å²) in [6.07, 6.45) is 0. The summed E-state index contributed by atoms with van der Waals surface area (Å²) in [7, 11) is 0. The monoisotopic (exact) mass is 503 g/mol. The van der Waals surface area contributed by atoms with Gasteiger partial charge in [0, 0.05) is 43.8 Å². The maximum Gasteiger partial charge on any atom is 0.251 e. The summed E-state index contributed by atoms with van der Waals surface area (Å²) < 4.78 is 0. The molecule has 28 heavy (non-hydrogen) atoms. The van der Waals surface area contributed by atoms with Crippen molar-refractivity contribution in [2.45, 2.75) is 39.8 Å². The van der Waals surface area contributed by atoms with Crippen LogP contribution in [0.1, 0.15) is 38.1 Å². The highest BCUT2D eigenvalue weighted by Crippen LogP contribution is 2.18. The number of aliphatic imine (C=N–C) groups is 1. The summed E-state index contributed by atoms with van der Waals surface area (Å²) in [4.78, 5) is 19.1. The number of hydrogen-bond acceptors (Lipinski definition) is 4. The average molecular weight is 503 g/mol. The lowest BCUT2D eigenvalue weighted by atomic mass is 10.1. The minimum Gasteiger partial charge on any atom is -0.508 e. The van der Waals surface area contributed by atoms with Gasteiger partial charge >= 0.3 is 0 Å². The van der Waals surface area contributed by atoms with E-state index in [-0.39, 0.29) is 35.6 Å². The third kappa shape index (κ3) is 7.46. The number of phenols is 1. The van der Waals surface area contributed by atoms with Gasteiger partial charge in [0.05, 0.1) is 6.54 Å². The van der Waals surface area contributed by atoms with Crippen LogP contribution in [0.4, 0.5) is 0 Å². The van der Waals surface area contributed by atoms with Gasteiger partial charge in [0.25, 0.3) is 5.91 Å². The predicted octanol–water partition coefficient (Wildman–Crippen LogP) is 2.02. The highest BCUT2D eigenvalue weighted by Gasteiger charge is 2.31. The second-order valence-corrected chi connectivity index (χ2v) is 7.34. The first-order chi connectivity index (χ1) is 12.9. The lowest BCUT2D eigenvalue weighted by Gasteiger charge is -2.22. The molecule has 0 saturated carbocycles. The molecule has 8 heteroatoms. The fourth-order valence-electron chi connectivity index (χ4n) is 3.16. The normalized spacial score (nSPS) is 20.0. The number of likely N-dealkylation sites (tertiary alicyclic amines) is 1. The molecule has 1 saturated heterocycles. The standard InChI is InChI=1S/C20H33N5O2.HI/c1-5-21-20(24-18-13-25(14(2)3)12-15(18)4)23-11-10-22-19(27)16-6-8-17(26)9-7-16;/h6-9,14-15,18,26H,5,10-13H2,1-4H3,(H,22,27)(H2,21,23,24);1H. The molecule has 1 heterocycles. The number of amides is 1. The topological polar surface area (TPSA) is 89.0 Å². The van der Waals surface area contributed by atoms with E-state index in [1.165, 1.54) is 12.1 Å². The minimum atomic E-state index is -0.167. The molecule has 0 bridgehead atoms. The molecule has 158 valence electrons. The van der Waals surface area contributed by atoms with Gasteiger partial charge in [-0.1, -0.05) is 6.92 Å². The molecule has 1 aliphatic rings. The van der Waals surface area contributed by atoms with Crippen LogP contribution in [-0.4, -0.2) is 66.7 Å². The van der Waals surface area contributed by atoms with E-state index in [0.29, 0.717) is 36.7 Å². The summed E-state index contributed by atoms with van der Waals surface area (Å²) in [6.45, 7) is 12.6. The molecule has 0 radical (unpaired) electrons. The maximum atomic E-state index is 12.1. The number of phenolic OH excluding ortho intramolecular Hbond substituents is 1. The molecule has 0 aromatic heterocycles. The molecule has 4 N–H and O–H groups in total. The summed E-state index contributed by atoms with van der Waals surface area (Å²) in [6, 6.07) is 7.13. The summed E-state index contributed by atoms with van der Waals surface area (Å²) >= 11 is 0. The number of nitrogens with one attached hydrogen (secondary N) is 3. The molecule has 0 spiro atoms. The van der Waals surface area contributed by atoms with Gasteiger partial charge in [-0.3, -0.25) is 14.7 Å². The molecule has 2 unspecified atom stereocenters. The summed E-state index contributed by atoms with van der Waals surface area (Å²) in [5.74, 6) is 1.33. The first kappa shape index (κ1) is 24.5. The van der Waals surface area contributed by atoms with E-state index in [1.807, 2.05) is 6.92 Å². The molecule has 1 aliphatic heterocycles. The van der Waals surface area contributed by atoms with Gasteiger partial charge in [-0.05, 0) is 51.0 Å². The highest BCUT2D eigenvalue weighted by atomic mass is 127. The number of carbonyl (C=O) groups is 1. The van der Waals surface area contributed by atoms with Crippen LogP contribution in [0.25, 0.3) is 0 Å². The van der Waals surface area contributed by atoms with E-state index in [9.17, 15) is 9.90 Å². The molecule has 2 atom stereocenters. The average Bonchev–Trinajstić information content (AvgIpc) is 3.00. The van der Waals surface area contributed by atoms with Crippen molar-refractivity contribution in [2.75, 3.05) is 32.7 Å². The van der Waals surface area contributed by atoms with E-state index in [1.54, 1.807) is 12.1 Å². The first-order valence-electron chi connectivity index (χ1n) is 9.76. The summed E-state index contributed by atoms with van der Waals surface area (Å²) in [5.41, 5.74) is 0.523. The van der Waals surface area contributed by atoms with E-state index in [2.05, 4.69) is 46.6 Å². The van der Waals surface area contributed by atoms with Crippen molar-refractivity contribution >= 4 is 35.8 Å². The Labute approximate surface area is 185 Å². The van der Waals surface area contributed by atoms with Gasteiger partial charge in [-0.25, -0.2) is 0 Å². The Morgan fingerprint density at radius 1 is 1.25 bits per heavy atom. The van der Waals surface area contributed by atoms with Crippen molar-refractivity contribution in [1.82, 2.24) is 20.9 Å². The molecule has 1 aromatic rings. The Morgan fingerprint density at radius 2 is 1.93 bits per heavy atom. The number of nitrogens with zero attached hydrogens (tertiary/aromatic N) is 2. The number of carbonyl (C=O) groups excluding carboxylic acids is 1. The van der Waals surface area contributed by atoms with E-state index >= 15 is 0 Å². The van der Waals surface area contributed by atoms with Gasteiger partial charge in [-0.15, -0.1) is 24.0 Å². The van der Waals surface area contributed by atoms with Gasteiger partial charge in [0.2, 0.25) is 0 Å². The minimum absolute atomic E-state index is 0. The second-order valence-electron chi connectivity index (χ2n) is 7.34. The van der Waals surface area contributed by atoms with Crippen LogP contribution in [0, 0.1) is 5.92 Å². The Balaban J connectivity index is 0.00000392. The van der Waals surface area contributed by atoms with E-state index < -0.39 is 0 Å². The lowest BCUT2D eigenvalue weighted by molar-refractivity contribution is 0.0955. The summed E-state index contributed by atoms with van der Waals surface area (Å²) in [5, 5.41) is 18.9. The van der Waals surface area contributed by atoms with E-state index in [4.69, 9.17) is 0 Å². The highest BCUT2D eigenvalue weighted by molar-refractivity contribution is 14.0. The number of hydrogen-bond donors (Lipinski definition) is 4. The maximum absolute atomic E-state index is 12.1. The fourth-order valence-corrected chi connectivity index (χ4v) is 3.16. The quantitative estimate of drug-likeness (QED) is 0.198. The van der Waals surface area contributed by atoms with E-state index in [0.717, 1.165) is 25.6 Å². The molecule has 1 fully saturated rings. The Hall–Kier alpha value is -1.55. The smallest absolute Gasteiger partial charge is 0.251 e. The zero-order valence-electron chi connectivity index (χ0n) is 17.2. The van der Waals surface area contributed by atoms with Crippen molar-refractivity contribution < 1.29 is 9.90 Å². The van der Waals surface area contributed by atoms with Gasteiger partial charge in [0.15, 0.2) is 5.96 Å². The number of aromatic hydroxyl groups is 1. The molecule has 2 rings (SSSR count). The number of guanidine groups is 1. The largest absolute Gasteiger partial charge is 0.508 e. The van der Waals surface area contributed by atoms with Crippen LogP contribution < -0.4 is 16.0 Å². The molecule has 1 aromatic carbocycles. The van der Waals surface area contributed by atoms with Crippen LogP contribution >= 0.6 is 24.0 Å². The number of benzene rings is 1. The molecule has 1 amide bonds. The third-order valence-corrected chi connectivity index (χ3v) is 4.83. The second kappa shape index (κ2) is 12.1. The van der Waals surface area contributed by atoms with Gasteiger partial charge < -0.3 is 21.1 Å². The van der Waals surface area contributed by atoms with Crippen LogP contribution in [0.5, 0.6) is 5.75 Å². The zero-order valence-corrected chi connectivity index (χ0v) is 19.6. The molecule has 7 nitrogen and oxygen atoms in total. The van der Waals surface area contributed by atoms with Crippen LogP contribution in [0.15, 0.2) is 29.3 Å². The Bertz CT molecular complexity index is 636. The van der Waals surface area contributed by atoms with Crippen molar-refractivity contribution in [2.24, 2.45) is 10.9 Å².